The Bertz CT molecular complexity index is 421. The molecule has 1 aromatic rings. The highest BCUT2D eigenvalue weighted by molar-refractivity contribution is 14.1. The summed E-state index contributed by atoms with van der Waals surface area (Å²) >= 11 is 2.39. The van der Waals surface area contributed by atoms with Gasteiger partial charge in [0.1, 0.15) is 0 Å². The molecule has 1 aliphatic heterocycles. The molecule has 1 aliphatic carbocycles. The standard InChI is InChI=1S/C17H25IN2/c1-13(15-2-4-16(18)5-3-15)20(17-6-7-17)12-14-8-10-19-11-9-14/h2-5,13-14,17,19H,6-12H2,1H3. The number of hydrogen-bond donors (Lipinski definition) is 1. The molecule has 0 radical (unpaired) electrons. The van der Waals surface area contributed by atoms with Crippen LogP contribution in [0, 0.1) is 9.49 Å². The van der Waals surface area contributed by atoms with Crippen LogP contribution in [-0.4, -0.2) is 30.6 Å². The summed E-state index contributed by atoms with van der Waals surface area (Å²) < 4.78 is 1.33. The maximum Gasteiger partial charge on any atom is 0.0322 e. The van der Waals surface area contributed by atoms with Gasteiger partial charge in [0.2, 0.25) is 0 Å². The molecular formula is C17H25IN2. The predicted molar refractivity (Wildman–Crippen MR) is 92.9 cm³/mol. The van der Waals surface area contributed by atoms with Crippen LogP contribution in [0.5, 0.6) is 0 Å². The smallest absolute Gasteiger partial charge is 0.0322 e. The first-order valence-corrected chi connectivity index (χ1v) is 9.04. The summed E-state index contributed by atoms with van der Waals surface area (Å²) in [6.45, 7) is 6.10. The maximum absolute atomic E-state index is 3.48. The number of nitrogens with zero attached hydrogens (tertiary/aromatic N) is 1. The average Bonchev–Trinajstić information content (AvgIpc) is 3.30. The van der Waals surface area contributed by atoms with Crippen molar-refractivity contribution in [3.63, 3.8) is 0 Å². The summed E-state index contributed by atoms with van der Waals surface area (Å²) in [7, 11) is 0. The molecule has 1 saturated carbocycles. The van der Waals surface area contributed by atoms with E-state index in [1.165, 1.54) is 54.5 Å². The van der Waals surface area contributed by atoms with Gasteiger partial charge in [-0.15, -0.1) is 0 Å². The predicted octanol–water partition coefficient (Wildman–Crippen LogP) is 3.82. The van der Waals surface area contributed by atoms with E-state index < -0.39 is 0 Å². The number of hydrogen-bond acceptors (Lipinski definition) is 2. The zero-order chi connectivity index (χ0) is 13.9. The van der Waals surface area contributed by atoms with Crippen LogP contribution in [0.4, 0.5) is 0 Å². The second kappa shape index (κ2) is 6.75. The van der Waals surface area contributed by atoms with Gasteiger partial charge < -0.3 is 5.32 Å². The Labute approximate surface area is 136 Å². The highest BCUT2D eigenvalue weighted by atomic mass is 127. The van der Waals surface area contributed by atoms with E-state index in [4.69, 9.17) is 0 Å². The van der Waals surface area contributed by atoms with Crippen LogP contribution in [0.25, 0.3) is 0 Å². The minimum atomic E-state index is 0.564. The Morgan fingerprint density at radius 2 is 1.80 bits per heavy atom. The molecule has 1 atom stereocenters. The average molecular weight is 384 g/mol. The Hall–Kier alpha value is -0.130. The summed E-state index contributed by atoms with van der Waals surface area (Å²) in [6.07, 6.45) is 5.50. The lowest BCUT2D eigenvalue weighted by atomic mass is 9.96. The van der Waals surface area contributed by atoms with Gasteiger partial charge >= 0.3 is 0 Å². The van der Waals surface area contributed by atoms with Gasteiger partial charge in [-0.3, -0.25) is 4.90 Å². The third-order valence-electron chi connectivity index (χ3n) is 4.79. The fourth-order valence-corrected chi connectivity index (χ4v) is 3.68. The lowest BCUT2D eigenvalue weighted by molar-refractivity contribution is 0.152. The first-order chi connectivity index (χ1) is 9.74. The van der Waals surface area contributed by atoms with Crippen molar-refractivity contribution in [3.8, 4) is 0 Å². The molecule has 0 amide bonds. The number of benzene rings is 1. The molecule has 1 saturated heterocycles. The molecule has 3 rings (SSSR count). The summed E-state index contributed by atoms with van der Waals surface area (Å²) in [6, 6.07) is 10.5. The van der Waals surface area contributed by atoms with E-state index in [1.54, 1.807) is 0 Å². The van der Waals surface area contributed by atoms with Gasteiger partial charge in [-0.1, -0.05) is 12.1 Å². The van der Waals surface area contributed by atoms with Crippen LogP contribution in [0.15, 0.2) is 24.3 Å². The van der Waals surface area contributed by atoms with Crippen LogP contribution < -0.4 is 5.32 Å². The van der Waals surface area contributed by atoms with Crippen molar-refractivity contribution in [2.75, 3.05) is 19.6 Å². The Morgan fingerprint density at radius 1 is 1.15 bits per heavy atom. The van der Waals surface area contributed by atoms with Crippen LogP contribution in [0.3, 0.4) is 0 Å². The maximum atomic E-state index is 3.48. The van der Waals surface area contributed by atoms with Crippen LogP contribution in [0.2, 0.25) is 0 Å². The lowest BCUT2D eigenvalue weighted by Crippen LogP contribution is -2.38. The van der Waals surface area contributed by atoms with Crippen molar-refractivity contribution >= 4 is 22.6 Å². The van der Waals surface area contributed by atoms with Gasteiger partial charge in [0.25, 0.3) is 0 Å². The number of rotatable bonds is 5. The Balaban J connectivity index is 1.67. The quantitative estimate of drug-likeness (QED) is 0.777. The SMILES string of the molecule is CC(c1ccc(I)cc1)N(CC1CCNCC1)C1CC1. The molecule has 3 heteroatoms. The third kappa shape index (κ3) is 3.74. The first-order valence-electron chi connectivity index (χ1n) is 7.96. The monoisotopic (exact) mass is 384 g/mol. The summed E-state index contributed by atoms with van der Waals surface area (Å²) in [4.78, 5) is 2.78. The summed E-state index contributed by atoms with van der Waals surface area (Å²) in [5.41, 5.74) is 1.48. The minimum absolute atomic E-state index is 0.564. The minimum Gasteiger partial charge on any atom is -0.317 e. The number of halogens is 1. The number of piperidine rings is 1. The van der Waals surface area contributed by atoms with E-state index in [1.807, 2.05) is 0 Å². The van der Waals surface area contributed by atoms with E-state index >= 15 is 0 Å². The van der Waals surface area contributed by atoms with Crippen molar-refractivity contribution in [2.24, 2.45) is 5.92 Å². The van der Waals surface area contributed by atoms with Gasteiger partial charge in [0.15, 0.2) is 0 Å². The molecular weight excluding hydrogens is 359 g/mol. The molecule has 2 fully saturated rings. The van der Waals surface area contributed by atoms with Gasteiger partial charge in [-0.05, 0) is 91.9 Å². The molecule has 1 unspecified atom stereocenters. The lowest BCUT2D eigenvalue weighted by Gasteiger charge is -2.34. The van der Waals surface area contributed by atoms with Crippen LogP contribution >= 0.6 is 22.6 Å². The summed E-state index contributed by atoms with van der Waals surface area (Å²) in [5, 5.41) is 3.48. The fourth-order valence-electron chi connectivity index (χ4n) is 3.32. The Morgan fingerprint density at radius 3 is 2.40 bits per heavy atom. The topological polar surface area (TPSA) is 15.3 Å². The van der Waals surface area contributed by atoms with Gasteiger partial charge in [0, 0.05) is 22.2 Å². The fraction of sp³-hybridized carbons (Fsp3) is 0.647. The largest absolute Gasteiger partial charge is 0.317 e. The third-order valence-corrected chi connectivity index (χ3v) is 5.51. The molecule has 20 heavy (non-hydrogen) atoms. The van der Waals surface area contributed by atoms with E-state index in [2.05, 4.69) is 64.0 Å². The van der Waals surface area contributed by atoms with Gasteiger partial charge in [-0.25, -0.2) is 0 Å². The highest BCUT2D eigenvalue weighted by Crippen LogP contribution is 2.35. The summed E-state index contributed by atoms with van der Waals surface area (Å²) in [5.74, 6) is 0.892. The molecule has 0 spiro atoms. The van der Waals surface area contributed by atoms with E-state index in [-0.39, 0.29) is 0 Å². The van der Waals surface area contributed by atoms with Gasteiger partial charge in [-0.2, -0.15) is 0 Å². The molecule has 2 aliphatic rings. The first kappa shape index (κ1) is 14.8. The van der Waals surface area contributed by atoms with Crippen molar-refractivity contribution in [3.05, 3.63) is 33.4 Å². The van der Waals surface area contributed by atoms with E-state index in [9.17, 15) is 0 Å². The normalized spacial score (nSPS) is 22.1. The van der Waals surface area contributed by atoms with Crippen molar-refractivity contribution in [1.82, 2.24) is 10.2 Å². The second-order valence-corrected chi connectivity index (χ2v) is 7.59. The van der Waals surface area contributed by atoms with E-state index in [0.717, 1.165) is 12.0 Å². The van der Waals surface area contributed by atoms with Crippen molar-refractivity contribution < 1.29 is 0 Å². The molecule has 0 aromatic heterocycles. The van der Waals surface area contributed by atoms with E-state index in [0.29, 0.717) is 6.04 Å². The molecule has 110 valence electrons. The Kier molecular flexibility index (Phi) is 5.00. The second-order valence-electron chi connectivity index (χ2n) is 6.35. The number of nitrogens with one attached hydrogen (secondary N) is 1. The zero-order valence-electron chi connectivity index (χ0n) is 12.3. The zero-order valence-corrected chi connectivity index (χ0v) is 14.5. The molecule has 1 heterocycles. The van der Waals surface area contributed by atoms with Crippen molar-refractivity contribution in [2.45, 2.75) is 44.7 Å². The van der Waals surface area contributed by atoms with Crippen LogP contribution in [-0.2, 0) is 0 Å². The molecule has 0 bridgehead atoms. The van der Waals surface area contributed by atoms with Gasteiger partial charge in [0.05, 0.1) is 0 Å². The highest BCUT2D eigenvalue weighted by Gasteiger charge is 2.34. The van der Waals surface area contributed by atoms with Crippen LogP contribution in [0.1, 0.15) is 44.2 Å². The molecule has 1 N–H and O–H groups in total. The van der Waals surface area contributed by atoms with Crippen molar-refractivity contribution in [1.29, 1.82) is 0 Å². The molecule has 1 aromatic carbocycles. The molecule has 2 nitrogen and oxygen atoms in total.